The van der Waals surface area contributed by atoms with Crippen LogP contribution < -0.4 is 0 Å². The Balaban J connectivity index is 2.10. The van der Waals surface area contributed by atoms with Crippen molar-refractivity contribution in [2.45, 2.75) is 18.2 Å². The molecule has 3 heteroatoms. The fourth-order valence-electron chi connectivity index (χ4n) is 2.10. The molecule has 0 bridgehead atoms. The standard InChI is InChI=1S/C16H15Br2F/c1-11(16(18)12-5-3-2-4-6-12)9-13-7-8-14(17)10-15(13)19/h2-8,10-11,16H,9H2,1H3. The summed E-state index contributed by atoms with van der Waals surface area (Å²) in [4.78, 5) is 0.233. The minimum atomic E-state index is -0.144. The third-order valence-corrected chi connectivity index (χ3v) is 5.10. The lowest BCUT2D eigenvalue weighted by molar-refractivity contribution is 0.538. The van der Waals surface area contributed by atoms with E-state index in [1.807, 2.05) is 30.3 Å². The van der Waals surface area contributed by atoms with Crippen molar-refractivity contribution in [1.29, 1.82) is 0 Å². The topological polar surface area (TPSA) is 0 Å². The van der Waals surface area contributed by atoms with Crippen molar-refractivity contribution in [3.63, 3.8) is 0 Å². The fraction of sp³-hybridized carbons (Fsp3) is 0.250. The molecule has 0 aliphatic rings. The van der Waals surface area contributed by atoms with Crippen LogP contribution in [0.3, 0.4) is 0 Å². The first-order valence-electron chi connectivity index (χ1n) is 6.21. The largest absolute Gasteiger partial charge is 0.207 e. The van der Waals surface area contributed by atoms with Crippen molar-refractivity contribution < 1.29 is 4.39 Å². The van der Waals surface area contributed by atoms with E-state index in [2.05, 4.69) is 50.9 Å². The lowest BCUT2D eigenvalue weighted by Gasteiger charge is -2.19. The molecule has 0 N–H and O–H groups in total. The van der Waals surface area contributed by atoms with Gasteiger partial charge in [0.25, 0.3) is 0 Å². The van der Waals surface area contributed by atoms with Crippen molar-refractivity contribution in [3.05, 3.63) is 69.9 Å². The minimum Gasteiger partial charge on any atom is -0.207 e. The third-order valence-electron chi connectivity index (χ3n) is 3.17. The van der Waals surface area contributed by atoms with E-state index >= 15 is 0 Å². The van der Waals surface area contributed by atoms with Crippen LogP contribution in [0.25, 0.3) is 0 Å². The summed E-state index contributed by atoms with van der Waals surface area (Å²) in [5.41, 5.74) is 1.99. The van der Waals surface area contributed by atoms with Gasteiger partial charge in [0.05, 0.1) is 0 Å². The van der Waals surface area contributed by atoms with E-state index in [0.29, 0.717) is 12.3 Å². The average molecular weight is 386 g/mol. The minimum absolute atomic E-state index is 0.144. The average Bonchev–Trinajstić information content (AvgIpc) is 2.42. The second kappa shape index (κ2) is 6.67. The van der Waals surface area contributed by atoms with Gasteiger partial charge in [-0.25, -0.2) is 4.39 Å². The molecule has 0 spiro atoms. The summed E-state index contributed by atoms with van der Waals surface area (Å²) in [5, 5.41) is 0. The van der Waals surface area contributed by atoms with Gasteiger partial charge in [0.2, 0.25) is 0 Å². The highest BCUT2D eigenvalue weighted by Gasteiger charge is 2.17. The van der Waals surface area contributed by atoms with Crippen LogP contribution in [0.2, 0.25) is 0 Å². The van der Waals surface area contributed by atoms with Crippen LogP contribution in [-0.4, -0.2) is 0 Å². The summed E-state index contributed by atoms with van der Waals surface area (Å²) in [6.07, 6.45) is 0.712. The van der Waals surface area contributed by atoms with Gasteiger partial charge in [0.1, 0.15) is 5.82 Å². The fourth-order valence-corrected chi connectivity index (χ4v) is 2.93. The molecule has 0 aliphatic heterocycles. The van der Waals surface area contributed by atoms with Gasteiger partial charge < -0.3 is 0 Å². The number of hydrogen-bond acceptors (Lipinski definition) is 0. The molecule has 2 aromatic carbocycles. The Labute approximate surface area is 130 Å². The Hall–Kier alpha value is -0.670. The number of rotatable bonds is 4. The van der Waals surface area contributed by atoms with E-state index < -0.39 is 0 Å². The first-order chi connectivity index (χ1) is 9.08. The predicted octanol–water partition coefficient (Wildman–Crippen LogP) is 5.90. The Morgan fingerprint density at radius 3 is 2.42 bits per heavy atom. The van der Waals surface area contributed by atoms with E-state index in [1.165, 1.54) is 11.6 Å². The summed E-state index contributed by atoms with van der Waals surface area (Å²) in [7, 11) is 0. The van der Waals surface area contributed by atoms with Crippen molar-refractivity contribution in [3.8, 4) is 0 Å². The number of benzene rings is 2. The zero-order chi connectivity index (χ0) is 13.8. The van der Waals surface area contributed by atoms with Crippen LogP contribution in [0.15, 0.2) is 53.0 Å². The lowest BCUT2D eigenvalue weighted by atomic mass is 9.94. The van der Waals surface area contributed by atoms with Gasteiger partial charge in [0, 0.05) is 9.30 Å². The summed E-state index contributed by atoms with van der Waals surface area (Å²) in [6, 6.07) is 15.5. The van der Waals surface area contributed by atoms with E-state index in [9.17, 15) is 4.39 Å². The second-order valence-electron chi connectivity index (χ2n) is 4.73. The molecule has 2 aromatic rings. The quantitative estimate of drug-likeness (QED) is 0.574. The molecule has 0 aromatic heterocycles. The molecule has 0 nitrogen and oxygen atoms in total. The maximum atomic E-state index is 13.8. The van der Waals surface area contributed by atoms with Crippen molar-refractivity contribution in [1.82, 2.24) is 0 Å². The van der Waals surface area contributed by atoms with Crippen LogP contribution in [-0.2, 0) is 6.42 Å². The van der Waals surface area contributed by atoms with Gasteiger partial charge in [-0.2, -0.15) is 0 Å². The summed E-state index contributed by atoms with van der Waals surface area (Å²) in [6.45, 7) is 2.13. The van der Waals surface area contributed by atoms with Crippen LogP contribution in [0.1, 0.15) is 22.9 Å². The van der Waals surface area contributed by atoms with Gasteiger partial charge in [0.15, 0.2) is 0 Å². The van der Waals surface area contributed by atoms with E-state index in [1.54, 1.807) is 0 Å². The molecule has 0 aliphatic carbocycles. The molecule has 0 saturated heterocycles. The predicted molar refractivity (Wildman–Crippen MR) is 85.1 cm³/mol. The van der Waals surface area contributed by atoms with Crippen LogP contribution >= 0.6 is 31.9 Å². The second-order valence-corrected chi connectivity index (χ2v) is 6.63. The van der Waals surface area contributed by atoms with E-state index in [4.69, 9.17) is 0 Å². The smallest absolute Gasteiger partial charge is 0.127 e. The number of halogens is 3. The Bertz CT molecular complexity index is 540. The first-order valence-corrected chi connectivity index (χ1v) is 7.91. The van der Waals surface area contributed by atoms with Crippen LogP contribution in [0.5, 0.6) is 0 Å². The van der Waals surface area contributed by atoms with Crippen LogP contribution in [0, 0.1) is 11.7 Å². The van der Waals surface area contributed by atoms with Crippen molar-refractivity contribution in [2.75, 3.05) is 0 Å². The lowest BCUT2D eigenvalue weighted by Crippen LogP contribution is -2.08. The maximum Gasteiger partial charge on any atom is 0.127 e. The molecule has 2 rings (SSSR count). The summed E-state index contributed by atoms with van der Waals surface area (Å²) >= 11 is 7.00. The molecule has 19 heavy (non-hydrogen) atoms. The Morgan fingerprint density at radius 2 is 1.79 bits per heavy atom. The highest BCUT2D eigenvalue weighted by Crippen LogP contribution is 2.33. The normalized spacial score (nSPS) is 14.1. The highest BCUT2D eigenvalue weighted by molar-refractivity contribution is 9.10. The third kappa shape index (κ3) is 3.90. The number of hydrogen-bond donors (Lipinski definition) is 0. The molecular weight excluding hydrogens is 371 g/mol. The van der Waals surface area contributed by atoms with Crippen LogP contribution in [0.4, 0.5) is 4.39 Å². The molecule has 2 atom stereocenters. The first kappa shape index (κ1) is 14.7. The summed E-state index contributed by atoms with van der Waals surface area (Å²) in [5.74, 6) is 0.173. The maximum absolute atomic E-state index is 13.8. The van der Waals surface area contributed by atoms with Gasteiger partial charge in [-0.05, 0) is 35.6 Å². The van der Waals surface area contributed by atoms with Gasteiger partial charge in [-0.3, -0.25) is 0 Å². The van der Waals surface area contributed by atoms with Gasteiger partial charge in [-0.15, -0.1) is 0 Å². The summed E-state index contributed by atoms with van der Waals surface area (Å²) < 4.78 is 14.6. The van der Waals surface area contributed by atoms with Crippen molar-refractivity contribution in [2.24, 2.45) is 5.92 Å². The molecular formula is C16H15Br2F. The highest BCUT2D eigenvalue weighted by atomic mass is 79.9. The molecule has 0 radical (unpaired) electrons. The van der Waals surface area contributed by atoms with E-state index in [0.717, 1.165) is 10.0 Å². The van der Waals surface area contributed by atoms with Gasteiger partial charge >= 0.3 is 0 Å². The van der Waals surface area contributed by atoms with E-state index in [-0.39, 0.29) is 10.6 Å². The Morgan fingerprint density at radius 1 is 1.11 bits per heavy atom. The zero-order valence-electron chi connectivity index (χ0n) is 10.6. The van der Waals surface area contributed by atoms with Crippen molar-refractivity contribution >= 4 is 31.9 Å². The molecule has 100 valence electrons. The molecule has 2 unspecified atom stereocenters. The molecule has 0 amide bonds. The molecule has 0 fully saturated rings. The number of alkyl halides is 1. The monoisotopic (exact) mass is 384 g/mol. The SMILES string of the molecule is CC(Cc1ccc(Br)cc1F)C(Br)c1ccccc1. The van der Waals surface area contributed by atoms with Gasteiger partial charge in [-0.1, -0.05) is 75.2 Å². The molecule has 0 saturated carbocycles. The Kier molecular flexibility index (Phi) is 5.17. The molecule has 0 heterocycles. The zero-order valence-corrected chi connectivity index (χ0v) is 13.8.